The van der Waals surface area contributed by atoms with Crippen LogP contribution in [0, 0.1) is 0 Å². The van der Waals surface area contributed by atoms with Crippen molar-refractivity contribution < 1.29 is 9.94 Å². The Bertz CT molecular complexity index is 461. The number of likely N-dealkylation sites (N-methyl/N-ethyl adjacent to an activating group) is 1. The predicted molar refractivity (Wildman–Crippen MR) is 83.0 cm³/mol. The molecule has 0 bridgehead atoms. The van der Waals surface area contributed by atoms with Gasteiger partial charge in [0.05, 0.1) is 0 Å². The quantitative estimate of drug-likeness (QED) is 0.363. The first-order valence-corrected chi connectivity index (χ1v) is 7.30. The summed E-state index contributed by atoms with van der Waals surface area (Å²) >= 11 is 0. The van der Waals surface area contributed by atoms with Gasteiger partial charge in [-0.05, 0) is 50.8 Å². The molecule has 1 saturated heterocycles. The normalized spacial score (nSPS) is 18.4. The predicted octanol–water partition coefficient (Wildman–Crippen LogP) is 0.797. The van der Waals surface area contributed by atoms with Crippen molar-refractivity contribution in [3.05, 3.63) is 29.8 Å². The highest BCUT2D eigenvalue weighted by Gasteiger charge is 2.11. The van der Waals surface area contributed by atoms with E-state index in [2.05, 4.69) is 22.0 Å². The van der Waals surface area contributed by atoms with Gasteiger partial charge in [0.2, 0.25) is 0 Å². The zero-order chi connectivity index (χ0) is 15.1. The van der Waals surface area contributed by atoms with Crippen LogP contribution in [0.1, 0.15) is 12.0 Å². The number of ether oxygens (including phenoxy) is 1. The third kappa shape index (κ3) is 4.91. The van der Waals surface area contributed by atoms with Gasteiger partial charge in [-0.15, -0.1) is 0 Å². The van der Waals surface area contributed by atoms with E-state index >= 15 is 0 Å². The fraction of sp³-hybridized carbons (Fsp3) is 0.533. The molecule has 116 valence electrons. The van der Waals surface area contributed by atoms with Crippen LogP contribution >= 0.6 is 0 Å². The first-order valence-electron chi connectivity index (χ1n) is 7.30. The fourth-order valence-electron chi connectivity index (χ4n) is 2.40. The summed E-state index contributed by atoms with van der Waals surface area (Å²) in [4.78, 5) is 4.81. The summed E-state index contributed by atoms with van der Waals surface area (Å²) in [6, 6.07) is 7.24. The second kappa shape index (κ2) is 7.85. The zero-order valence-electron chi connectivity index (χ0n) is 12.5. The lowest BCUT2D eigenvalue weighted by molar-refractivity contribution is 0.213. The Balaban J connectivity index is 1.75. The monoisotopic (exact) mass is 292 g/mol. The van der Waals surface area contributed by atoms with Crippen LogP contribution in [0.15, 0.2) is 29.4 Å². The van der Waals surface area contributed by atoms with E-state index in [-0.39, 0.29) is 5.84 Å². The molecule has 0 amide bonds. The van der Waals surface area contributed by atoms with Gasteiger partial charge in [-0.3, -0.25) is 4.90 Å². The van der Waals surface area contributed by atoms with Crippen molar-refractivity contribution in [2.45, 2.75) is 6.42 Å². The van der Waals surface area contributed by atoms with Gasteiger partial charge in [0.1, 0.15) is 12.4 Å². The van der Waals surface area contributed by atoms with E-state index in [9.17, 15) is 0 Å². The molecule has 0 spiro atoms. The van der Waals surface area contributed by atoms with Crippen molar-refractivity contribution in [2.24, 2.45) is 10.9 Å². The minimum Gasteiger partial charge on any atom is -0.492 e. The number of nitrogens with zero attached hydrogens (tertiary/aromatic N) is 3. The molecular weight excluding hydrogens is 268 g/mol. The van der Waals surface area contributed by atoms with Crippen LogP contribution in [0.3, 0.4) is 0 Å². The van der Waals surface area contributed by atoms with Crippen LogP contribution in [0.25, 0.3) is 0 Å². The van der Waals surface area contributed by atoms with Crippen LogP contribution in [-0.2, 0) is 0 Å². The maximum Gasteiger partial charge on any atom is 0.170 e. The summed E-state index contributed by atoms with van der Waals surface area (Å²) in [5.41, 5.74) is 6.20. The first-order chi connectivity index (χ1) is 10.2. The van der Waals surface area contributed by atoms with Crippen LogP contribution in [0.2, 0.25) is 0 Å². The van der Waals surface area contributed by atoms with Crippen LogP contribution in [-0.4, -0.2) is 67.2 Å². The number of hydrogen-bond donors (Lipinski definition) is 2. The number of amidine groups is 1. The molecule has 3 N–H and O–H groups in total. The van der Waals surface area contributed by atoms with Crippen molar-refractivity contribution in [3.8, 4) is 5.75 Å². The van der Waals surface area contributed by atoms with E-state index < -0.39 is 0 Å². The number of hydrogen-bond acceptors (Lipinski definition) is 5. The van der Waals surface area contributed by atoms with Crippen LogP contribution < -0.4 is 10.5 Å². The average Bonchev–Trinajstić information content (AvgIpc) is 2.72. The first kappa shape index (κ1) is 15.6. The second-order valence-corrected chi connectivity index (χ2v) is 5.36. The zero-order valence-corrected chi connectivity index (χ0v) is 12.5. The Morgan fingerprint density at radius 3 is 2.71 bits per heavy atom. The lowest BCUT2D eigenvalue weighted by Gasteiger charge is -2.20. The maximum absolute atomic E-state index is 8.61. The third-order valence-electron chi connectivity index (χ3n) is 3.75. The molecule has 1 aliphatic heterocycles. The van der Waals surface area contributed by atoms with Crippen molar-refractivity contribution >= 4 is 5.84 Å². The van der Waals surface area contributed by atoms with Gasteiger partial charge in [0, 0.05) is 25.2 Å². The highest BCUT2D eigenvalue weighted by Crippen LogP contribution is 2.12. The Labute approximate surface area is 125 Å². The van der Waals surface area contributed by atoms with Gasteiger partial charge in [0.25, 0.3) is 0 Å². The molecule has 1 aliphatic rings. The van der Waals surface area contributed by atoms with Gasteiger partial charge in [-0.25, -0.2) is 0 Å². The molecule has 6 nitrogen and oxygen atoms in total. The Kier molecular flexibility index (Phi) is 5.83. The molecule has 1 aromatic rings. The fourth-order valence-corrected chi connectivity index (χ4v) is 2.40. The smallest absolute Gasteiger partial charge is 0.170 e. The van der Waals surface area contributed by atoms with Gasteiger partial charge in [0.15, 0.2) is 5.84 Å². The van der Waals surface area contributed by atoms with Crippen LogP contribution in [0.5, 0.6) is 5.75 Å². The highest BCUT2D eigenvalue weighted by atomic mass is 16.5. The molecule has 1 heterocycles. The summed E-state index contributed by atoms with van der Waals surface area (Å²) in [6.45, 7) is 6.14. The van der Waals surface area contributed by atoms with E-state index in [1.165, 1.54) is 13.0 Å². The van der Waals surface area contributed by atoms with E-state index in [4.69, 9.17) is 15.7 Å². The molecule has 0 aliphatic carbocycles. The summed E-state index contributed by atoms with van der Waals surface area (Å²) in [5, 5.41) is 11.6. The Morgan fingerprint density at radius 1 is 1.24 bits per heavy atom. The lowest BCUT2D eigenvalue weighted by Crippen LogP contribution is -2.32. The van der Waals surface area contributed by atoms with E-state index in [0.717, 1.165) is 31.9 Å². The summed E-state index contributed by atoms with van der Waals surface area (Å²) in [7, 11) is 2.17. The molecule has 0 saturated carbocycles. The largest absolute Gasteiger partial charge is 0.492 e. The minimum atomic E-state index is 0.107. The van der Waals surface area contributed by atoms with Crippen molar-refractivity contribution in [2.75, 3.05) is 46.4 Å². The molecular formula is C15H24N4O2. The molecule has 6 heteroatoms. The maximum atomic E-state index is 8.61. The molecule has 2 rings (SSSR count). The third-order valence-corrected chi connectivity index (χ3v) is 3.75. The second-order valence-electron chi connectivity index (χ2n) is 5.36. The van der Waals surface area contributed by atoms with Gasteiger partial charge in [-0.1, -0.05) is 5.16 Å². The Morgan fingerprint density at radius 2 is 2.00 bits per heavy atom. The summed E-state index contributed by atoms with van der Waals surface area (Å²) < 4.78 is 5.75. The SMILES string of the molecule is CN1CCCN(CCOc2ccc(/C(N)=N/O)cc2)CC1. The van der Waals surface area contributed by atoms with Gasteiger partial charge < -0.3 is 20.6 Å². The molecule has 0 radical (unpaired) electrons. The highest BCUT2D eigenvalue weighted by molar-refractivity contribution is 5.97. The van der Waals surface area contributed by atoms with Gasteiger partial charge >= 0.3 is 0 Å². The van der Waals surface area contributed by atoms with Gasteiger partial charge in [-0.2, -0.15) is 0 Å². The molecule has 0 atom stereocenters. The van der Waals surface area contributed by atoms with Crippen molar-refractivity contribution in [3.63, 3.8) is 0 Å². The summed E-state index contributed by atoms with van der Waals surface area (Å²) in [6.07, 6.45) is 1.21. The molecule has 21 heavy (non-hydrogen) atoms. The van der Waals surface area contributed by atoms with E-state index in [1.54, 1.807) is 12.1 Å². The average molecular weight is 292 g/mol. The van der Waals surface area contributed by atoms with Crippen LogP contribution in [0.4, 0.5) is 0 Å². The standard InChI is InChI=1S/C15H24N4O2/c1-18-7-2-8-19(10-9-18)11-12-21-14-5-3-13(4-6-14)15(16)17-20/h3-6,20H,2,7-12H2,1H3,(H2,16,17). The molecule has 1 aromatic carbocycles. The number of oxime groups is 1. The number of rotatable bonds is 5. The lowest BCUT2D eigenvalue weighted by atomic mass is 10.2. The van der Waals surface area contributed by atoms with E-state index in [1.807, 2.05) is 12.1 Å². The molecule has 1 fully saturated rings. The van der Waals surface area contributed by atoms with Crippen molar-refractivity contribution in [1.29, 1.82) is 0 Å². The molecule has 0 aromatic heterocycles. The topological polar surface area (TPSA) is 74.3 Å². The summed E-state index contributed by atoms with van der Waals surface area (Å²) in [5.74, 6) is 0.909. The minimum absolute atomic E-state index is 0.107. The number of benzene rings is 1. The number of nitrogens with two attached hydrogens (primary N) is 1. The van der Waals surface area contributed by atoms with Crippen molar-refractivity contribution in [1.82, 2.24) is 9.80 Å². The van der Waals surface area contributed by atoms with E-state index in [0.29, 0.717) is 12.2 Å². The Hall–Kier alpha value is -1.79. The molecule has 0 unspecified atom stereocenters.